The molecule has 1 rings (SSSR count). The van der Waals surface area contributed by atoms with Crippen molar-refractivity contribution in [2.45, 2.75) is 12.8 Å². The first kappa shape index (κ1) is 10.6. The predicted molar refractivity (Wildman–Crippen MR) is 50.7 cm³/mol. The highest BCUT2D eigenvalue weighted by Crippen LogP contribution is 2.21. The van der Waals surface area contributed by atoms with Gasteiger partial charge in [-0.25, -0.2) is 8.78 Å². The summed E-state index contributed by atoms with van der Waals surface area (Å²) in [5.41, 5.74) is 0.780. The topological polar surface area (TPSA) is 17.1 Å². The number of carbonyl (C=O) groups excluding carboxylic acids is 1. The zero-order valence-electron chi connectivity index (χ0n) is 7.59. The first-order valence-corrected chi connectivity index (χ1v) is 4.22. The molecule has 0 radical (unpaired) electrons. The fraction of sp³-hybridized carbons (Fsp3) is 0.182. The van der Waals surface area contributed by atoms with Gasteiger partial charge in [0.2, 0.25) is 0 Å². The van der Waals surface area contributed by atoms with E-state index < -0.39 is 11.6 Å². The average Bonchev–Trinajstić information content (AvgIpc) is 2.14. The van der Waals surface area contributed by atoms with Crippen molar-refractivity contribution in [3.8, 4) is 0 Å². The second-order valence-electron chi connectivity index (χ2n) is 2.93. The molecule has 0 aliphatic carbocycles. The standard InChI is InChI=1S/C11H10F2O/c1-8(3-2-6-14)10-5-4-9(12)7-11(10)13/h4-7H,1-3H2. The summed E-state index contributed by atoms with van der Waals surface area (Å²) in [7, 11) is 0. The van der Waals surface area contributed by atoms with Gasteiger partial charge in [0.05, 0.1) is 0 Å². The third kappa shape index (κ3) is 2.49. The fourth-order valence-electron chi connectivity index (χ4n) is 1.14. The Kier molecular flexibility index (Phi) is 3.51. The van der Waals surface area contributed by atoms with Crippen LogP contribution in [0, 0.1) is 11.6 Å². The van der Waals surface area contributed by atoms with Crippen molar-refractivity contribution >= 4 is 11.9 Å². The van der Waals surface area contributed by atoms with Crippen LogP contribution in [0.4, 0.5) is 8.78 Å². The monoisotopic (exact) mass is 196 g/mol. The summed E-state index contributed by atoms with van der Waals surface area (Å²) in [5, 5.41) is 0. The molecule has 14 heavy (non-hydrogen) atoms. The highest BCUT2D eigenvalue weighted by Gasteiger charge is 2.06. The van der Waals surface area contributed by atoms with Crippen LogP contribution in [0.15, 0.2) is 24.8 Å². The number of aldehydes is 1. The summed E-state index contributed by atoms with van der Waals surface area (Å²) in [4.78, 5) is 10.1. The Morgan fingerprint density at radius 2 is 2.14 bits per heavy atom. The molecule has 3 heteroatoms. The Morgan fingerprint density at radius 3 is 2.71 bits per heavy atom. The zero-order chi connectivity index (χ0) is 10.6. The van der Waals surface area contributed by atoms with Crippen LogP contribution < -0.4 is 0 Å². The Bertz CT molecular complexity index is 358. The lowest BCUT2D eigenvalue weighted by atomic mass is 10.0. The summed E-state index contributed by atoms with van der Waals surface area (Å²) in [6, 6.07) is 3.31. The first-order valence-electron chi connectivity index (χ1n) is 4.22. The molecule has 0 aliphatic heterocycles. The molecule has 1 aromatic rings. The normalized spacial score (nSPS) is 9.86. The third-order valence-corrected chi connectivity index (χ3v) is 1.88. The highest BCUT2D eigenvalue weighted by molar-refractivity contribution is 5.66. The Balaban J connectivity index is 2.84. The van der Waals surface area contributed by atoms with Gasteiger partial charge in [-0.2, -0.15) is 0 Å². The van der Waals surface area contributed by atoms with Crippen LogP contribution >= 0.6 is 0 Å². The van der Waals surface area contributed by atoms with Crippen molar-refractivity contribution in [1.82, 2.24) is 0 Å². The predicted octanol–water partition coefficient (Wildman–Crippen LogP) is 2.96. The van der Waals surface area contributed by atoms with Crippen molar-refractivity contribution in [1.29, 1.82) is 0 Å². The van der Waals surface area contributed by atoms with Gasteiger partial charge < -0.3 is 4.79 Å². The summed E-state index contributed by atoms with van der Waals surface area (Å²) in [6.45, 7) is 3.63. The van der Waals surface area contributed by atoms with Crippen LogP contribution in [0.2, 0.25) is 0 Å². The highest BCUT2D eigenvalue weighted by atomic mass is 19.1. The van der Waals surface area contributed by atoms with Gasteiger partial charge in [0, 0.05) is 18.1 Å². The minimum atomic E-state index is -0.638. The van der Waals surface area contributed by atoms with Gasteiger partial charge in [0.25, 0.3) is 0 Å². The lowest BCUT2D eigenvalue weighted by Gasteiger charge is -2.04. The number of carbonyl (C=O) groups is 1. The molecule has 0 amide bonds. The zero-order valence-corrected chi connectivity index (χ0v) is 7.59. The van der Waals surface area contributed by atoms with E-state index in [1.165, 1.54) is 12.1 Å². The summed E-state index contributed by atoms with van der Waals surface area (Å²) in [6.07, 6.45) is 1.44. The van der Waals surface area contributed by atoms with Gasteiger partial charge in [-0.1, -0.05) is 6.58 Å². The lowest BCUT2D eigenvalue weighted by Crippen LogP contribution is -1.91. The van der Waals surface area contributed by atoms with Crippen LogP contribution in [0.25, 0.3) is 5.57 Å². The molecule has 0 N–H and O–H groups in total. The number of hydrogen-bond donors (Lipinski definition) is 0. The molecule has 0 saturated carbocycles. The summed E-state index contributed by atoms with van der Waals surface area (Å²) in [5.74, 6) is -1.25. The molecule has 0 aliphatic rings. The number of halogens is 2. The van der Waals surface area contributed by atoms with E-state index in [2.05, 4.69) is 6.58 Å². The quantitative estimate of drug-likeness (QED) is 0.676. The molecule has 0 saturated heterocycles. The second-order valence-corrected chi connectivity index (χ2v) is 2.93. The Hall–Kier alpha value is -1.51. The SMILES string of the molecule is C=C(CCC=O)c1ccc(F)cc1F. The van der Waals surface area contributed by atoms with Gasteiger partial charge in [-0.15, -0.1) is 0 Å². The Morgan fingerprint density at radius 1 is 1.43 bits per heavy atom. The van der Waals surface area contributed by atoms with E-state index in [4.69, 9.17) is 0 Å². The average molecular weight is 196 g/mol. The molecule has 0 fully saturated rings. The lowest BCUT2D eigenvalue weighted by molar-refractivity contribution is -0.107. The molecular weight excluding hydrogens is 186 g/mol. The third-order valence-electron chi connectivity index (χ3n) is 1.88. The fourth-order valence-corrected chi connectivity index (χ4v) is 1.14. The molecule has 0 aromatic heterocycles. The van der Waals surface area contributed by atoms with Gasteiger partial charge in [0.15, 0.2) is 0 Å². The van der Waals surface area contributed by atoms with Gasteiger partial charge in [-0.05, 0) is 24.1 Å². The van der Waals surface area contributed by atoms with Crippen LogP contribution in [0.3, 0.4) is 0 Å². The van der Waals surface area contributed by atoms with Crippen molar-refractivity contribution in [2.75, 3.05) is 0 Å². The Labute approximate surface area is 81.1 Å². The molecule has 74 valence electrons. The van der Waals surface area contributed by atoms with Crippen molar-refractivity contribution in [2.24, 2.45) is 0 Å². The number of hydrogen-bond acceptors (Lipinski definition) is 1. The smallest absolute Gasteiger partial charge is 0.133 e. The van der Waals surface area contributed by atoms with E-state index in [0.29, 0.717) is 18.4 Å². The molecule has 0 bridgehead atoms. The van der Waals surface area contributed by atoms with Crippen LogP contribution in [0.1, 0.15) is 18.4 Å². The van der Waals surface area contributed by atoms with E-state index in [1.54, 1.807) is 0 Å². The minimum Gasteiger partial charge on any atom is -0.303 e. The summed E-state index contributed by atoms with van der Waals surface area (Å²) >= 11 is 0. The van der Waals surface area contributed by atoms with Gasteiger partial charge in [0.1, 0.15) is 17.9 Å². The van der Waals surface area contributed by atoms with E-state index in [1.807, 2.05) is 0 Å². The number of benzene rings is 1. The van der Waals surface area contributed by atoms with Crippen LogP contribution in [-0.4, -0.2) is 6.29 Å². The van der Waals surface area contributed by atoms with Gasteiger partial charge in [-0.3, -0.25) is 0 Å². The first-order chi connectivity index (χ1) is 6.65. The molecule has 0 unspecified atom stereocenters. The maximum atomic E-state index is 13.1. The maximum Gasteiger partial charge on any atom is 0.133 e. The van der Waals surface area contributed by atoms with Gasteiger partial charge >= 0.3 is 0 Å². The molecule has 1 nitrogen and oxygen atoms in total. The molecule has 0 spiro atoms. The number of allylic oxidation sites excluding steroid dienone is 1. The molecule has 0 heterocycles. The number of rotatable bonds is 4. The van der Waals surface area contributed by atoms with E-state index >= 15 is 0 Å². The van der Waals surface area contributed by atoms with E-state index in [0.717, 1.165) is 12.4 Å². The summed E-state index contributed by atoms with van der Waals surface area (Å²) < 4.78 is 25.7. The van der Waals surface area contributed by atoms with Crippen molar-refractivity contribution < 1.29 is 13.6 Å². The second kappa shape index (κ2) is 4.65. The van der Waals surface area contributed by atoms with Crippen LogP contribution in [0.5, 0.6) is 0 Å². The largest absolute Gasteiger partial charge is 0.303 e. The molecule has 0 atom stereocenters. The van der Waals surface area contributed by atoms with Crippen molar-refractivity contribution in [3.05, 3.63) is 42.0 Å². The molecular formula is C11H10F2O. The van der Waals surface area contributed by atoms with E-state index in [9.17, 15) is 13.6 Å². The van der Waals surface area contributed by atoms with Crippen molar-refractivity contribution in [3.63, 3.8) is 0 Å². The maximum absolute atomic E-state index is 13.1. The molecule has 1 aromatic carbocycles. The van der Waals surface area contributed by atoms with Crippen LogP contribution in [-0.2, 0) is 4.79 Å². The minimum absolute atomic E-state index is 0.272. The van der Waals surface area contributed by atoms with E-state index in [-0.39, 0.29) is 5.56 Å².